The summed E-state index contributed by atoms with van der Waals surface area (Å²) in [5, 5.41) is 2.78. The van der Waals surface area contributed by atoms with Crippen molar-refractivity contribution in [1.29, 1.82) is 0 Å². The van der Waals surface area contributed by atoms with Crippen LogP contribution in [0.5, 0.6) is 5.88 Å². The molecule has 0 aromatic carbocycles. The first kappa shape index (κ1) is 24.1. The average Bonchev–Trinajstić information content (AvgIpc) is 3.02. The van der Waals surface area contributed by atoms with Gasteiger partial charge in [-0.3, -0.25) is 9.59 Å². The molecule has 7 nitrogen and oxygen atoms in total. The number of thioether (sulfide) groups is 1. The number of halogens is 3. The third kappa shape index (κ3) is 6.00. The van der Waals surface area contributed by atoms with E-state index >= 15 is 0 Å². The second kappa shape index (κ2) is 9.90. The molecule has 3 aromatic heterocycles. The fourth-order valence-corrected chi connectivity index (χ4v) is 4.64. The number of hydrogen-bond donors (Lipinski definition) is 2. The SMILES string of the molecule is Cc1sc2nc(CSC(C)C(=O)NCc3cccnc3OCC(F)(F)F)[nH]c(=O)c2c1C. The number of aromatic nitrogens is 3. The van der Waals surface area contributed by atoms with E-state index < -0.39 is 18.0 Å². The van der Waals surface area contributed by atoms with Gasteiger partial charge in [-0.2, -0.15) is 13.2 Å². The molecule has 0 aliphatic rings. The third-order valence-corrected chi connectivity index (χ3v) is 6.86. The van der Waals surface area contributed by atoms with E-state index in [1.807, 2.05) is 13.8 Å². The summed E-state index contributed by atoms with van der Waals surface area (Å²) >= 11 is 2.74. The van der Waals surface area contributed by atoms with Gasteiger partial charge in [0.1, 0.15) is 10.7 Å². The van der Waals surface area contributed by atoms with E-state index in [4.69, 9.17) is 4.74 Å². The molecular weight excluding hydrogens is 465 g/mol. The van der Waals surface area contributed by atoms with Crippen molar-refractivity contribution in [2.75, 3.05) is 6.61 Å². The lowest BCUT2D eigenvalue weighted by Gasteiger charge is -2.14. The van der Waals surface area contributed by atoms with Crippen LogP contribution in [-0.2, 0) is 17.1 Å². The van der Waals surface area contributed by atoms with E-state index in [-0.39, 0.29) is 23.9 Å². The molecule has 32 heavy (non-hydrogen) atoms. The first-order valence-electron chi connectivity index (χ1n) is 9.57. The van der Waals surface area contributed by atoms with Gasteiger partial charge in [0.25, 0.3) is 5.56 Å². The number of carbonyl (C=O) groups is 1. The summed E-state index contributed by atoms with van der Waals surface area (Å²) in [5.41, 5.74) is 1.05. The zero-order valence-electron chi connectivity index (χ0n) is 17.5. The van der Waals surface area contributed by atoms with Crippen LogP contribution in [0, 0.1) is 13.8 Å². The zero-order valence-corrected chi connectivity index (χ0v) is 19.1. The summed E-state index contributed by atoms with van der Waals surface area (Å²) in [6.45, 7) is 4.02. The molecule has 12 heteroatoms. The number of pyridine rings is 1. The predicted molar refractivity (Wildman–Crippen MR) is 118 cm³/mol. The number of carbonyl (C=O) groups excluding carboxylic acids is 1. The summed E-state index contributed by atoms with van der Waals surface area (Å²) < 4.78 is 41.9. The zero-order chi connectivity index (χ0) is 23.5. The number of H-pyrrole nitrogens is 1. The van der Waals surface area contributed by atoms with Crippen LogP contribution >= 0.6 is 23.1 Å². The molecule has 1 atom stereocenters. The lowest BCUT2D eigenvalue weighted by Crippen LogP contribution is -2.31. The number of amides is 1. The maximum absolute atomic E-state index is 12.4. The van der Waals surface area contributed by atoms with E-state index in [1.165, 1.54) is 35.4 Å². The van der Waals surface area contributed by atoms with Gasteiger partial charge in [-0.15, -0.1) is 23.1 Å². The molecule has 0 saturated carbocycles. The number of hydrogen-bond acceptors (Lipinski definition) is 7. The highest BCUT2D eigenvalue weighted by Crippen LogP contribution is 2.26. The topological polar surface area (TPSA) is 97.0 Å². The van der Waals surface area contributed by atoms with Gasteiger partial charge in [0, 0.05) is 23.2 Å². The molecule has 0 radical (unpaired) electrons. The maximum atomic E-state index is 12.4. The van der Waals surface area contributed by atoms with Crippen molar-refractivity contribution < 1.29 is 22.7 Å². The number of ether oxygens (including phenoxy) is 1. The molecule has 2 N–H and O–H groups in total. The fraction of sp³-hybridized carbons (Fsp3) is 0.400. The van der Waals surface area contributed by atoms with Crippen LogP contribution < -0.4 is 15.6 Å². The Morgan fingerprint density at radius 1 is 1.38 bits per heavy atom. The van der Waals surface area contributed by atoms with Gasteiger partial charge in [-0.1, -0.05) is 6.07 Å². The minimum Gasteiger partial charge on any atom is -0.468 e. The molecule has 3 aromatic rings. The monoisotopic (exact) mass is 486 g/mol. The van der Waals surface area contributed by atoms with Crippen molar-refractivity contribution in [3.63, 3.8) is 0 Å². The van der Waals surface area contributed by atoms with Crippen LogP contribution in [0.25, 0.3) is 10.2 Å². The van der Waals surface area contributed by atoms with Crippen molar-refractivity contribution in [1.82, 2.24) is 20.3 Å². The standard InChI is InChI=1S/C20H21F3N4O3S2/c1-10-11(2)32-19-15(10)17(29)26-14(27-19)8-31-12(3)16(28)25-7-13-5-4-6-24-18(13)30-9-20(21,22)23/h4-6,12H,7-9H2,1-3H3,(H,25,28)(H,26,27,29). The van der Waals surface area contributed by atoms with Gasteiger partial charge in [0.15, 0.2) is 6.61 Å². The number of fused-ring (bicyclic) bond motifs is 1. The van der Waals surface area contributed by atoms with Crippen LogP contribution in [0.4, 0.5) is 13.2 Å². The fourth-order valence-electron chi connectivity index (χ4n) is 2.81. The number of rotatable bonds is 8. The van der Waals surface area contributed by atoms with Crippen LogP contribution in [0.1, 0.15) is 28.8 Å². The molecule has 3 heterocycles. The first-order chi connectivity index (χ1) is 15.0. The maximum Gasteiger partial charge on any atom is 0.422 e. The molecule has 172 valence electrons. The van der Waals surface area contributed by atoms with Crippen LogP contribution in [0.3, 0.4) is 0 Å². The lowest BCUT2D eigenvalue weighted by molar-refractivity contribution is -0.154. The molecule has 1 unspecified atom stereocenters. The molecule has 0 bridgehead atoms. The van der Waals surface area contributed by atoms with Gasteiger partial charge < -0.3 is 15.0 Å². The molecule has 0 fully saturated rings. The Morgan fingerprint density at radius 2 is 2.12 bits per heavy atom. The lowest BCUT2D eigenvalue weighted by atomic mass is 10.2. The molecule has 0 aliphatic heterocycles. The molecule has 0 aliphatic carbocycles. The second-order valence-corrected chi connectivity index (χ2v) is 9.55. The number of nitrogens with one attached hydrogen (secondary N) is 2. The minimum absolute atomic E-state index is 0.0282. The number of aryl methyl sites for hydroxylation is 2. The molecular formula is C20H21F3N4O3S2. The van der Waals surface area contributed by atoms with E-state index in [9.17, 15) is 22.8 Å². The molecule has 0 spiro atoms. The smallest absolute Gasteiger partial charge is 0.422 e. The normalized spacial score (nSPS) is 12.7. The summed E-state index contributed by atoms with van der Waals surface area (Å²) in [6.07, 6.45) is -3.17. The third-order valence-electron chi connectivity index (χ3n) is 4.60. The van der Waals surface area contributed by atoms with Crippen molar-refractivity contribution in [2.24, 2.45) is 0 Å². The first-order valence-corrected chi connectivity index (χ1v) is 11.4. The molecule has 3 rings (SSSR count). The van der Waals surface area contributed by atoms with Crippen molar-refractivity contribution in [2.45, 2.75) is 44.5 Å². The van der Waals surface area contributed by atoms with Gasteiger partial charge >= 0.3 is 6.18 Å². The van der Waals surface area contributed by atoms with Crippen LogP contribution in [0.15, 0.2) is 23.1 Å². The van der Waals surface area contributed by atoms with Crippen molar-refractivity contribution in [3.05, 3.63) is 50.5 Å². The Balaban J connectivity index is 1.57. The number of aromatic amines is 1. The van der Waals surface area contributed by atoms with Gasteiger partial charge in [-0.05, 0) is 32.4 Å². The van der Waals surface area contributed by atoms with Crippen molar-refractivity contribution >= 4 is 39.2 Å². The number of thiophene rings is 1. The Labute approximate surface area is 189 Å². The Morgan fingerprint density at radius 3 is 2.84 bits per heavy atom. The highest BCUT2D eigenvalue weighted by Gasteiger charge is 2.29. The minimum atomic E-state index is -4.48. The highest BCUT2D eigenvalue weighted by molar-refractivity contribution is 7.99. The number of nitrogens with zero attached hydrogens (tertiary/aromatic N) is 2. The van der Waals surface area contributed by atoms with Gasteiger partial charge in [-0.25, -0.2) is 9.97 Å². The van der Waals surface area contributed by atoms with E-state index in [0.29, 0.717) is 27.4 Å². The van der Waals surface area contributed by atoms with Crippen LogP contribution in [0.2, 0.25) is 0 Å². The summed E-state index contributed by atoms with van der Waals surface area (Å²) in [7, 11) is 0. The molecule has 0 saturated heterocycles. The summed E-state index contributed by atoms with van der Waals surface area (Å²) in [4.78, 5) is 37.5. The Bertz CT molecular complexity index is 1180. The number of alkyl halides is 3. The van der Waals surface area contributed by atoms with Crippen molar-refractivity contribution in [3.8, 4) is 5.88 Å². The Kier molecular flexibility index (Phi) is 7.44. The summed E-state index contributed by atoms with van der Waals surface area (Å²) in [6, 6.07) is 3.08. The largest absolute Gasteiger partial charge is 0.468 e. The predicted octanol–water partition coefficient (Wildman–Crippen LogP) is 3.88. The average molecular weight is 487 g/mol. The molecule has 1 amide bonds. The summed E-state index contributed by atoms with van der Waals surface area (Å²) in [5.74, 6) is 0.306. The van der Waals surface area contributed by atoms with E-state index in [0.717, 1.165) is 10.4 Å². The van der Waals surface area contributed by atoms with E-state index in [2.05, 4.69) is 20.3 Å². The quantitative estimate of drug-likeness (QED) is 0.502. The van der Waals surface area contributed by atoms with Gasteiger partial charge in [0.2, 0.25) is 11.8 Å². The van der Waals surface area contributed by atoms with E-state index in [1.54, 1.807) is 13.0 Å². The Hall–Kier alpha value is -2.60. The highest BCUT2D eigenvalue weighted by atomic mass is 32.2. The van der Waals surface area contributed by atoms with Gasteiger partial charge in [0.05, 0.1) is 16.4 Å². The van der Waals surface area contributed by atoms with Crippen LogP contribution in [-0.4, -0.2) is 38.9 Å². The second-order valence-electron chi connectivity index (χ2n) is 7.02.